The minimum Gasteiger partial charge on any atom is -0.480 e. The topological polar surface area (TPSA) is 71.4 Å². The number of hydrogen-bond acceptors (Lipinski definition) is 3. The fourth-order valence-electron chi connectivity index (χ4n) is 2.73. The minimum atomic E-state index is -3.84. The molecule has 1 saturated carbocycles. The molecule has 0 radical (unpaired) electrons. The first-order valence-electron chi connectivity index (χ1n) is 6.45. The number of carboxylic acids is 1. The SMILES string of the molecule is Cc1cccc(S(=O)(=O)C2(C(=O)O)CCCCC2)c1. The zero-order valence-corrected chi connectivity index (χ0v) is 11.7. The van der Waals surface area contributed by atoms with Gasteiger partial charge in [-0.05, 0) is 37.5 Å². The molecule has 104 valence electrons. The Hall–Kier alpha value is -1.36. The molecular weight excluding hydrogens is 264 g/mol. The highest BCUT2D eigenvalue weighted by Crippen LogP contribution is 2.39. The average molecular weight is 282 g/mol. The largest absolute Gasteiger partial charge is 0.480 e. The third-order valence-electron chi connectivity index (χ3n) is 3.87. The van der Waals surface area contributed by atoms with Gasteiger partial charge in [-0.25, -0.2) is 8.42 Å². The molecule has 1 aliphatic carbocycles. The van der Waals surface area contributed by atoms with Crippen molar-refractivity contribution in [2.75, 3.05) is 0 Å². The second-order valence-electron chi connectivity index (χ2n) is 5.18. The molecule has 5 heteroatoms. The Balaban J connectivity index is 2.55. The van der Waals surface area contributed by atoms with Crippen LogP contribution in [0, 0.1) is 6.92 Å². The fraction of sp³-hybridized carbons (Fsp3) is 0.500. The molecular formula is C14H18O4S. The standard InChI is InChI=1S/C14H18O4S/c1-11-6-5-7-12(10-11)19(17,18)14(13(15)16)8-3-2-4-9-14/h5-7,10H,2-4,8-9H2,1H3,(H,15,16). The van der Waals surface area contributed by atoms with Crippen molar-refractivity contribution in [2.45, 2.75) is 48.7 Å². The summed E-state index contributed by atoms with van der Waals surface area (Å²) >= 11 is 0. The van der Waals surface area contributed by atoms with Gasteiger partial charge in [0.1, 0.15) is 0 Å². The maximum absolute atomic E-state index is 12.7. The summed E-state index contributed by atoms with van der Waals surface area (Å²) in [5.74, 6) is -1.21. The molecule has 0 bridgehead atoms. The molecule has 1 aromatic rings. The highest BCUT2D eigenvalue weighted by molar-refractivity contribution is 7.93. The number of sulfone groups is 1. The van der Waals surface area contributed by atoms with Crippen molar-refractivity contribution in [3.05, 3.63) is 29.8 Å². The highest BCUT2D eigenvalue weighted by atomic mass is 32.2. The molecule has 19 heavy (non-hydrogen) atoms. The summed E-state index contributed by atoms with van der Waals surface area (Å²) in [7, 11) is -3.84. The van der Waals surface area contributed by atoms with Gasteiger partial charge in [-0.2, -0.15) is 0 Å². The average Bonchev–Trinajstić information content (AvgIpc) is 2.39. The lowest BCUT2D eigenvalue weighted by molar-refractivity contribution is -0.141. The van der Waals surface area contributed by atoms with Crippen LogP contribution in [0.4, 0.5) is 0 Å². The molecule has 1 N–H and O–H groups in total. The molecule has 1 aliphatic rings. The van der Waals surface area contributed by atoms with E-state index in [1.807, 2.05) is 0 Å². The molecule has 4 nitrogen and oxygen atoms in total. The molecule has 0 spiro atoms. The molecule has 0 aliphatic heterocycles. The van der Waals surface area contributed by atoms with E-state index in [4.69, 9.17) is 0 Å². The summed E-state index contributed by atoms with van der Waals surface area (Å²) in [4.78, 5) is 11.7. The smallest absolute Gasteiger partial charge is 0.325 e. The number of benzene rings is 1. The predicted molar refractivity (Wildman–Crippen MR) is 71.8 cm³/mol. The lowest BCUT2D eigenvalue weighted by Gasteiger charge is -2.32. The van der Waals surface area contributed by atoms with E-state index in [1.54, 1.807) is 25.1 Å². The van der Waals surface area contributed by atoms with Gasteiger partial charge in [0, 0.05) is 0 Å². The Morgan fingerprint density at radius 1 is 1.21 bits per heavy atom. The third-order valence-corrected chi connectivity index (χ3v) is 6.35. The molecule has 0 heterocycles. The summed E-state index contributed by atoms with van der Waals surface area (Å²) < 4.78 is 23.8. The van der Waals surface area contributed by atoms with E-state index < -0.39 is 20.6 Å². The van der Waals surface area contributed by atoms with Crippen LogP contribution < -0.4 is 0 Å². The number of hydrogen-bond donors (Lipinski definition) is 1. The summed E-state index contributed by atoms with van der Waals surface area (Å²) in [6.07, 6.45) is 2.62. The Morgan fingerprint density at radius 2 is 1.84 bits per heavy atom. The van der Waals surface area contributed by atoms with Crippen LogP contribution in [0.5, 0.6) is 0 Å². The molecule has 0 atom stereocenters. The summed E-state index contributed by atoms with van der Waals surface area (Å²) in [6.45, 7) is 1.80. The van der Waals surface area contributed by atoms with Gasteiger partial charge in [-0.1, -0.05) is 31.4 Å². The van der Waals surface area contributed by atoms with E-state index in [2.05, 4.69) is 0 Å². The molecule has 0 saturated heterocycles. The number of aryl methyl sites for hydroxylation is 1. The lowest BCUT2D eigenvalue weighted by Crippen LogP contribution is -2.47. The van der Waals surface area contributed by atoms with Crippen molar-refractivity contribution in [2.24, 2.45) is 0 Å². The van der Waals surface area contributed by atoms with E-state index >= 15 is 0 Å². The van der Waals surface area contributed by atoms with Crippen LogP contribution in [-0.4, -0.2) is 24.2 Å². The highest BCUT2D eigenvalue weighted by Gasteiger charge is 2.51. The zero-order valence-electron chi connectivity index (χ0n) is 10.9. The van der Waals surface area contributed by atoms with Gasteiger partial charge in [-0.15, -0.1) is 0 Å². The van der Waals surface area contributed by atoms with E-state index in [1.165, 1.54) is 6.07 Å². The lowest BCUT2D eigenvalue weighted by atomic mass is 9.88. The molecule has 2 rings (SSSR count). The number of carboxylic acid groups (broad SMARTS) is 1. The van der Waals surface area contributed by atoms with Crippen molar-refractivity contribution in [3.63, 3.8) is 0 Å². The van der Waals surface area contributed by atoms with E-state index in [0.717, 1.165) is 12.0 Å². The maximum Gasteiger partial charge on any atom is 0.325 e. The third kappa shape index (κ3) is 2.27. The van der Waals surface area contributed by atoms with Crippen LogP contribution >= 0.6 is 0 Å². The van der Waals surface area contributed by atoms with Crippen molar-refractivity contribution in [1.82, 2.24) is 0 Å². The van der Waals surface area contributed by atoms with Gasteiger partial charge < -0.3 is 5.11 Å². The Morgan fingerprint density at radius 3 is 2.37 bits per heavy atom. The summed E-state index contributed by atoms with van der Waals surface area (Å²) in [6, 6.07) is 6.49. The normalized spacial score (nSPS) is 19.0. The monoisotopic (exact) mass is 282 g/mol. The van der Waals surface area contributed by atoms with Crippen LogP contribution in [0.25, 0.3) is 0 Å². The van der Waals surface area contributed by atoms with E-state index in [0.29, 0.717) is 12.8 Å². The Kier molecular flexibility index (Phi) is 3.67. The van der Waals surface area contributed by atoms with Gasteiger partial charge in [0.05, 0.1) is 4.90 Å². The van der Waals surface area contributed by atoms with Gasteiger partial charge in [-0.3, -0.25) is 4.79 Å². The van der Waals surface area contributed by atoms with Crippen molar-refractivity contribution in [3.8, 4) is 0 Å². The van der Waals surface area contributed by atoms with Crippen LogP contribution in [-0.2, 0) is 14.6 Å². The number of aliphatic carboxylic acids is 1. The molecule has 1 fully saturated rings. The fourth-order valence-corrected chi connectivity index (χ4v) is 4.83. The summed E-state index contributed by atoms with van der Waals surface area (Å²) in [5, 5.41) is 9.48. The maximum atomic E-state index is 12.7. The van der Waals surface area contributed by atoms with Gasteiger partial charge in [0.15, 0.2) is 14.6 Å². The second kappa shape index (κ2) is 4.96. The van der Waals surface area contributed by atoms with Crippen molar-refractivity contribution < 1.29 is 18.3 Å². The molecule has 0 amide bonds. The summed E-state index contributed by atoms with van der Waals surface area (Å²) in [5.41, 5.74) is 0.817. The first kappa shape index (κ1) is 14.1. The predicted octanol–water partition coefficient (Wildman–Crippen LogP) is 2.56. The van der Waals surface area contributed by atoms with E-state index in [9.17, 15) is 18.3 Å². The minimum absolute atomic E-state index is 0.122. The van der Waals surface area contributed by atoms with Crippen molar-refractivity contribution >= 4 is 15.8 Å². The van der Waals surface area contributed by atoms with Crippen molar-refractivity contribution in [1.29, 1.82) is 0 Å². The van der Waals surface area contributed by atoms with Crippen LogP contribution in [0.2, 0.25) is 0 Å². The molecule has 0 unspecified atom stereocenters. The first-order valence-corrected chi connectivity index (χ1v) is 7.93. The quantitative estimate of drug-likeness (QED) is 0.924. The van der Waals surface area contributed by atoms with E-state index in [-0.39, 0.29) is 17.7 Å². The second-order valence-corrected chi connectivity index (χ2v) is 7.44. The van der Waals surface area contributed by atoms with Crippen LogP contribution in [0.15, 0.2) is 29.2 Å². The van der Waals surface area contributed by atoms with Gasteiger partial charge in [0.2, 0.25) is 0 Å². The molecule has 0 aromatic heterocycles. The van der Waals surface area contributed by atoms with Crippen LogP contribution in [0.3, 0.4) is 0 Å². The Labute approximate surface area is 113 Å². The first-order chi connectivity index (χ1) is 8.90. The van der Waals surface area contributed by atoms with Gasteiger partial charge >= 0.3 is 5.97 Å². The van der Waals surface area contributed by atoms with Crippen LogP contribution in [0.1, 0.15) is 37.7 Å². The Bertz CT molecular complexity index is 583. The molecule has 1 aromatic carbocycles. The number of rotatable bonds is 3. The van der Waals surface area contributed by atoms with Gasteiger partial charge in [0.25, 0.3) is 0 Å². The zero-order chi connectivity index (χ0) is 14.1. The number of carbonyl (C=O) groups is 1.